The van der Waals surface area contributed by atoms with Gasteiger partial charge in [0.15, 0.2) is 0 Å². The van der Waals surface area contributed by atoms with Crippen molar-refractivity contribution in [2.24, 2.45) is 5.92 Å². The molecule has 0 aromatic carbocycles. The molecule has 1 heterocycles. The van der Waals surface area contributed by atoms with Crippen molar-refractivity contribution in [3.05, 3.63) is 23.4 Å². The molecule has 0 atom stereocenters. The number of anilines is 1. The summed E-state index contributed by atoms with van der Waals surface area (Å²) in [5.74, 6) is 1.32. The van der Waals surface area contributed by atoms with Crippen molar-refractivity contribution in [2.75, 3.05) is 12.4 Å². The van der Waals surface area contributed by atoms with E-state index in [1.807, 2.05) is 19.2 Å². The number of amides is 1. The van der Waals surface area contributed by atoms with Crippen molar-refractivity contribution >= 4 is 11.7 Å². The Morgan fingerprint density at radius 2 is 1.81 bits per heavy atom. The van der Waals surface area contributed by atoms with Crippen LogP contribution in [0.3, 0.4) is 0 Å². The number of carbonyl (C=O) groups excluding carboxylic acids is 1. The average molecular weight is 289 g/mol. The van der Waals surface area contributed by atoms with Crippen LogP contribution in [0.1, 0.15) is 63.5 Å². The van der Waals surface area contributed by atoms with Crippen molar-refractivity contribution in [3.63, 3.8) is 0 Å². The number of nitrogens with one attached hydrogen (secondary N) is 2. The molecule has 1 saturated carbocycles. The van der Waals surface area contributed by atoms with Crippen LogP contribution in [-0.2, 0) is 5.41 Å². The number of pyridine rings is 1. The first-order chi connectivity index (χ1) is 9.63. The second-order valence-corrected chi connectivity index (χ2v) is 7.58. The van der Waals surface area contributed by atoms with Crippen LogP contribution in [0.15, 0.2) is 12.1 Å². The number of hydrogen-bond donors (Lipinski definition) is 2. The van der Waals surface area contributed by atoms with E-state index in [2.05, 4.69) is 50.2 Å². The van der Waals surface area contributed by atoms with E-state index in [0.29, 0.717) is 11.5 Å². The van der Waals surface area contributed by atoms with Crippen molar-refractivity contribution in [1.29, 1.82) is 0 Å². The largest absolute Gasteiger partial charge is 0.373 e. The van der Waals surface area contributed by atoms with E-state index in [0.717, 1.165) is 11.5 Å². The molecule has 1 aliphatic carbocycles. The van der Waals surface area contributed by atoms with Gasteiger partial charge in [0.1, 0.15) is 5.82 Å². The minimum atomic E-state index is -0.137. The number of aromatic nitrogens is 1. The lowest BCUT2D eigenvalue weighted by molar-refractivity contribution is 0.0903. The van der Waals surface area contributed by atoms with Crippen molar-refractivity contribution in [2.45, 2.75) is 58.4 Å². The highest BCUT2D eigenvalue weighted by molar-refractivity contribution is 5.95. The number of carbonyl (C=O) groups is 1. The van der Waals surface area contributed by atoms with Crippen LogP contribution in [0.4, 0.5) is 5.82 Å². The van der Waals surface area contributed by atoms with Crippen LogP contribution in [0.2, 0.25) is 0 Å². The molecule has 116 valence electrons. The molecule has 1 aromatic rings. The first-order valence-electron chi connectivity index (χ1n) is 7.66. The third-order valence-corrected chi connectivity index (χ3v) is 4.15. The SMILES string of the molecule is CNc1cc(C(=O)NC(C)(C)C2CC2)cc(C(C)(C)C)n1. The molecule has 1 aromatic heterocycles. The highest BCUT2D eigenvalue weighted by atomic mass is 16.1. The third kappa shape index (κ3) is 3.74. The van der Waals surface area contributed by atoms with Gasteiger partial charge < -0.3 is 10.6 Å². The molecule has 0 aliphatic heterocycles. The second-order valence-electron chi connectivity index (χ2n) is 7.58. The van der Waals surface area contributed by atoms with E-state index >= 15 is 0 Å². The first-order valence-corrected chi connectivity index (χ1v) is 7.66. The summed E-state index contributed by atoms with van der Waals surface area (Å²) in [4.78, 5) is 17.1. The van der Waals surface area contributed by atoms with Crippen molar-refractivity contribution in [1.82, 2.24) is 10.3 Å². The fourth-order valence-corrected chi connectivity index (χ4v) is 2.45. The molecule has 21 heavy (non-hydrogen) atoms. The highest BCUT2D eigenvalue weighted by Crippen LogP contribution is 2.39. The number of rotatable bonds is 4. The van der Waals surface area contributed by atoms with Gasteiger partial charge in [0.25, 0.3) is 5.91 Å². The summed E-state index contributed by atoms with van der Waals surface area (Å²) in [5, 5.41) is 6.21. The molecular weight excluding hydrogens is 262 g/mol. The molecule has 0 radical (unpaired) electrons. The Morgan fingerprint density at radius 1 is 1.19 bits per heavy atom. The fourth-order valence-electron chi connectivity index (χ4n) is 2.45. The monoisotopic (exact) mass is 289 g/mol. The van der Waals surface area contributed by atoms with Crippen molar-refractivity contribution in [3.8, 4) is 0 Å². The van der Waals surface area contributed by atoms with Gasteiger partial charge in [-0.2, -0.15) is 0 Å². The minimum Gasteiger partial charge on any atom is -0.373 e. The zero-order chi connectivity index (χ0) is 15.8. The van der Waals surface area contributed by atoms with Gasteiger partial charge in [-0.05, 0) is 44.7 Å². The lowest BCUT2D eigenvalue weighted by Crippen LogP contribution is -2.45. The Balaban J connectivity index is 2.27. The van der Waals surface area contributed by atoms with Crippen LogP contribution in [-0.4, -0.2) is 23.5 Å². The lowest BCUT2D eigenvalue weighted by Gasteiger charge is -2.27. The average Bonchev–Trinajstić information content (AvgIpc) is 3.21. The second kappa shape index (κ2) is 5.32. The normalized spacial score (nSPS) is 15.7. The smallest absolute Gasteiger partial charge is 0.251 e. The number of nitrogens with zero attached hydrogens (tertiary/aromatic N) is 1. The molecule has 1 amide bonds. The maximum absolute atomic E-state index is 12.6. The van der Waals surface area contributed by atoms with Gasteiger partial charge in [-0.1, -0.05) is 20.8 Å². The maximum Gasteiger partial charge on any atom is 0.251 e. The summed E-state index contributed by atoms with van der Waals surface area (Å²) >= 11 is 0. The van der Waals surface area contributed by atoms with Crippen LogP contribution < -0.4 is 10.6 Å². The Morgan fingerprint density at radius 3 is 2.29 bits per heavy atom. The van der Waals surface area contributed by atoms with Gasteiger partial charge in [0.05, 0.1) is 0 Å². The summed E-state index contributed by atoms with van der Waals surface area (Å²) in [7, 11) is 1.82. The lowest BCUT2D eigenvalue weighted by atomic mass is 9.90. The zero-order valence-corrected chi connectivity index (χ0v) is 14.0. The zero-order valence-electron chi connectivity index (χ0n) is 14.0. The molecule has 0 bridgehead atoms. The van der Waals surface area contributed by atoms with Gasteiger partial charge in [-0.25, -0.2) is 4.98 Å². The van der Waals surface area contributed by atoms with E-state index in [-0.39, 0.29) is 16.9 Å². The Kier molecular flexibility index (Phi) is 4.00. The van der Waals surface area contributed by atoms with Crippen LogP contribution >= 0.6 is 0 Å². The Bertz CT molecular complexity index is 539. The van der Waals surface area contributed by atoms with E-state index in [1.165, 1.54) is 12.8 Å². The Hall–Kier alpha value is -1.58. The molecule has 2 N–H and O–H groups in total. The minimum absolute atomic E-state index is 0.0173. The van der Waals surface area contributed by atoms with Gasteiger partial charge in [-0.15, -0.1) is 0 Å². The molecule has 0 saturated heterocycles. The predicted molar refractivity (Wildman–Crippen MR) is 86.8 cm³/mol. The first kappa shape index (κ1) is 15.8. The van der Waals surface area contributed by atoms with Crippen LogP contribution in [0.5, 0.6) is 0 Å². The molecule has 4 nitrogen and oxygen atoms in total. The van der Waals surface area contributed by atoms with Gasteiger partial charge in [0, 0.05) is 29.3 Å². The van der Waals surface area contributed by atoms with E-state index < -0.39 is 0 Å². The van der Waals surface area contributed by atoms with Crippen LogP contribution in [0.25, 0.3) is 0 Å². The molecule has 1 fully saturated rings. The predicted octanol–water partition coefficient (Wildman–Crippen LogP) is 3.34. The van der Waals surface area contributed by atoms with E-state index in [9.17, 15) is 4.79 Å². The summed E-state index contributed by atoms with van der Waals surface area (Å²) in [5.41, 5.74) is 1.37. The molecule has 0 unspecified atom stereocenters. The van der Waals surface area contributed by atoms with Gasteiger partial charge in [0.2, 0.25) is 0 Å². The molecule has 4 heteroatoms. The van der Waals surface area contributed by atoms with E-state index in [1.54, 1.807) is 0 Å². The topological polar surface area (TPSA) is 54.0 Å². The van der Waals surface area contributed by atoms with E-state index in [4.69, 9.17) is 0 Å². The molecule has 1 aliphatic rings. The molecule has 0 spiro atoms. The third-order valence-electron chi connectivity index (χ3n) is 4.15. The Labute approximate surface area is 127 Å². The summed E-state index contributed by atoms with van der Waals surface area (Å²) in [6.45, 7) is 10.5. The van der Waals surface area contributed by atoms with Crippen molar-refractivity contribution < 1.29 is 4.79 Å². The van der Waals surface area contributed by atoms with Gasteiger partial charge >= 0.3 is 0 Å². The quantitative estimate of drug-likeness (QED) is 0.894. The summed E-state index contributed by atoms with van der Waals surface area (Å²) in [6.07, 6.45) is 2.41. The van der Waals surface area contributed by atoms with Gasteiger partial charge in [-0.3, -0.25) is 4.79 Å². The van der Waals surface area contributed by atoms with Crippen LogP contribution in [0, 0.1) is 5.92 Å². The standard InChI is InChI=1S/C17H27N3O/c1-16(2,3)13-9-11(10-14(18-6)19-13)15(21)20-17(4,5)12-7-8-12/h9-10,12H,7-8H2,1-6H3,(H,18,19)(H,20,21). The summed E-state index contributed by atoms with van der Waals surface area (Å²) < 4.78 is 0. The maximum atomic E-state index is 12.6. The molecule has 2 rings (SSSR count). The highest BCUT2D eigenvalue weighted by Gasteiger charge is 2.39. The number of hydrogen-bond acceptors (Lipinski definition) is 3. The molecular formula is C17H27N3O. The fraction of sp³-hybridized carbons (Fsp3) is 0.647. The summed E-state index contributed by atoms with van der Waals surface area (Å²) in [6, 6.07) is 3.71.